The van der Waals surface area contributed by atoms with Crippen LogP contribution >= 0.6 is 0 Å². The third-order valence-corrected chi connectivity index (χ3v) is 3.68. The van der Waals surface area contributed by atoms with Crippen molar-refractivity contribution in [3.05, 3.63) is 65.6 Å². The number of nitrogens with zero attached hydrogens (tertiary/aromatic N) is 1. The number of esters is 1. The van der Waals surface area contributed by atoms with E-state index in [0.29, 0.717) is 0 Å². The van der Waals surface area contributed by atoms with Gasteiger partial charge >= 0.3 is 12.1 Å². The minimum absolute atomic E-state index is 0.0724. The number of pyridine rings is 1. The van der Waals surface area contributed by atoms with E-state index in [1.54, 1.807) is 6.92 Å². The summed E-state index contributed by atoms with van der Waals surface area (Å²) in [4.78, 5) is 16.1. The number of carbonyl (C=O) groups is 1. The number of hydrogen-bond donors (Lipinski definition) is 0. The van der Waals surface area contributed by atoms with Crippen LogP contribution < -0.4 is 4.74 Å². The van der Waals surface area contributed by atoms with Gasteiger partial charge in [-0.25, -0.2) is 9.18 Å². The molecule has 0 saturated heterocycles. The molecule has 0 radical (unpaired) electrons. The molecule has 0 amide bonds. The highest BCUT2D eigenvalue weighted by Gasteiger charge is 2.31. The number of alkyl halides is 3. The summed E-state index contributed by atoms with van der Waals surface area (Å²) >= 11 is 0. The van der Waals surface area contributed by atoms with Gasteiger partial charge in [-0.3, -0.25) is 4.98 Å². The monoisotopic (exact) mass is 379 g/mol. The molecule has 27 heavy (non-hydrogen) atoms. The fraction of sp³-hybridized carbons (Fsp3) is 0.158. The van der Waals surface area contributed by atoms with Crippen LogP contribution in [0.1, 0.15) is 22.8 Å². The molecule has 0 N–H and O–H groups in total. The molecule has 2 aromatic carbocycles. The molecule has 8 heteroatoms. The summed E-state index contributed by atoms with van der Waals surface area (Å²) in [5.74, 6) is -1.72. The maximum atomic E-state index is 14.0. The smallest absolute Gasteiger partial charge is 0.416 e. The van der Waals surface area contributed by atoms with Crippen molar-refractivity contribution >= 4 is 16.9 Å². The predicted octanol–water partition coefficient (Wildman–Crippen LogP) is 5.36. The van der Waals surface area contributed by atoms with Crippen LogP contribution in [-0.4, -0.2) is 17.6 Å². The lowest BCUT2D eigenvalue weighted by Gasteiger charge is -2.14. The summed E-state index contributed by atoms with van der Waals surface area (Å²) in [6.45, 7) is 1.67. The quantitative estimate of drug-likeness (QED) is 0.452. The Balaban J connectivity index is 2.15. The Morgan fingerprint density at radius 3 is 2.59 bits per heavy atom. The Hall–Kier alpha value is -3.16. The number of benzene rings is 2. The fourth-order valence-corrected chi connectivity index (χ4v) is 2.48. The first-order valence-electron chi connectivity index (χ1n) is 7.90. The summed E-state index contributed by atoms with van der Waals surface area (Å²) in [5, 5.41) is 0.137. The SMILES string of the molecule is CCOC(=O)c1cnc2c(F)cccc2c1Oc1cccc(C(F)(F)F)c1. The van der Waals surface area contributed by atoms with Gasteiger partial charge in [-0.15, -0.1) is 0 Å². The first kappa shape index (κ1) is 18.6. The molecule has 0 aliphatic carbocycles. The molecule has 1 heterocycles. The van der Waals surface area contributed by atoms with Crippen molar-refractivity contribution < 1.29 is 31.8 Å². The highest BCUT2D eigenvalue weighted by atomic mass is 19.4. The fourth-order valence-electron chi connectivity index (χ4n) is 2.48. The van der Waals surface area contributed by atoms with Crippen LogP contribution in [0.3, 0.4) is 0 Å². The zero-order chi connectivity index (χ0) is 19.6. The zero-order valence-corrected chi connectivity index (χ0v) is 14.0. The summed E-state index contributed by atoms with van der Waals surface area (Å²) < 4.78 is 63.3. The van der Waals surface area contributed by atoms with Crippen molar-refractivity contribution in [2.24, 2.45) is 0 Å². The van der Waals surface area contributed by atoms with E-state index in [2.05, 4.69) is 4.98 Å². The summed E-state index contributed by atoms with van der Waals surface area (Å²) in [6.07, 6.45) is -3.48. The lowest BCUT2D eigenvalue weighted by molar-refractivity contribution is -0.137. The van der Waals surface area contributed by atoms with Crippen LogP contribution in [0.4, 0.5) is 17.6 Å². The van der Waals surface area contributed by atoms with Crippen molar-refractivity contribution in [1.29, 1.82) is 0 Å². The molecule has 0 fully saturated rings. The molecule has 140 valence electrons. The first-order valence-corrected chi connectivity index (χ1v) is 7.90. The van der Waals surface area contributed by atoms with E-state index >= 15 is 0 Å². The van der Waals surface area contributed by atoms with Gasteiger partial charge in [-0.05, 0) is 37.3 Å². The van der Waals surface area contributed by atoms with E-state index in [4.69, 9.17) is 9.47 Å². The summed E-state index contributed by atoms with van der Waals surface area (Å²) in [5.41, 5.74) is -1.11. The van der Waals surface area contributed by atoms with E-state index in [9.17, 15) is 22.4 Å². The minimum atomic E-state index is -4.56. The summed E-state index contributed by atoms with van der Waals surface area (Å²) in [7, 11) is 0. The Labute approximate surface area is 151 Å². The molecule has 0 unspecified atom stereocenters. The average molecular weight is 379 g/mol. The maximum Gasteiger partial charge on any atom is 0.416 e. The van der Waals surface area contributed by atoms with Gasteiger partial charge in [0.25, 0.3) is 0 Å². The van der Waals surface area contributed by atoms with Crippen LogP contribution in [0.5, 0.6) is 11.5 Å². The van der Waals surface area contributed by atoms with Crippen molar-refractivity contribution in [3.63, 3.8) is 0 Å². The Kier molecular flexibility index (Phi) is 4.98. The largest absolute Gasteiger partial charge is 0.462 e. The van der Waals surface area contributed by atoms with Crippen molar-refractivity contribution in [1.82, 2.24) is 4.98 Å². The first-order chi connectivity index (χ1) is 12.8. The molecular formula is C19H13F4NO3. The standard InChI is InChI=1S/C19H13F4NO3/c1-2-26-18(25)14-10-24-16-13(7-4-8-15(16)20)17(14)27-12-6-3-5-11(9-12)19(21,22)23/h3-10H,2H2,1H3. The van der Waals surface area contributed by atoms with Crippen LogP contribution in [-0.2, 0) is 10.9 Å². The maximum absolute atomic E-state index is 14.0. The number of hydrogen-bond acceptors (Lipinski definition) is 4. The lowest BCUT2D eigenvalue weighted by atomic mass is 10.1. The number of para-hydroxylation sites is 1. The molecule has 0 aliphatic rings. The molecule has 1 aromatic heterocycles. The van der Waals surface area contributed by atoms with Gasteiger partial charge < -0.3 is 9.47 Å². The van der Waals surface area contributed by atoms with Gasteiger partial charge in [0.1, 0.15) is 22.6 Å². The number of fused-ring (bicyclic) bond motifs is 1. The predicted molar refractivity (Wildman–Crippen MR) is 89.2 cm³/mol. The third-order valence-electron chi connectivity index (χ3n) is 3.68. The topological polar surface area (TPSA) is 48.4 Å². The molecule has 0 bridgehead atoms. The molecule has 0 spiro atoms. The van der Waals surface area contributed by atoms with Crippen molar-refractivity contribution in [2.75, 3.05) is 6.61 Å². The summed E-state index contributed by atoms with van der Waals surface area (Å²) in [6, 6.07) is 8.17. The molecule has 3 rings (SSSR count). The van der Waals surface area contributed by atoms with Crippen LogP contribution in [0.25, 0.3) is 10.9 Å². The lowest BCUT2D eigenvalue weighted by Crippen LogP contribution is -2.08. The van der Waals surface area contributed by atoms with E-state index in [1.165, 1.54) is 30.3 Å². The van der Waals surface area contributed by atoms with Crippen LogP contribution in [0.2, 0.25) is 0 Å². The number of ether oxygens (including phenoxy) is 2. The zero-order valence-electron chi connectivity index (χ0n) is 14.0. The molecule has 0 atom stereocenters. The van der Waals surface area contributed by atoms with Gasteiger partial charge in [0, 0.05) is 11.6 Å². The van der Waals surface area contributed by atoms with Crippen LogP contribution in [0, 0.1) is 5.82 Å². The van der Waals surface area contributed by atoms with Crippen LogP contribution in [0.15, 0.2) is 48.7 Å². The number of carbonyl (C=O) groups excluding carboxylic acids is 1. The molecule has 0 saturated carbocycles. The highest BCUT2D eigenvalue weighted by molar-refractivity contribution is 6.00. The van der Waals surface area contributed by atoms with Gasteiger partial charge in [0.15, 0.2) is 5.75 Å². The second-order valence-electron chi connectivity index (χ2n) is 5.49. The van der Waals surface area contributed by atoms with E-state index in [-0.39, 0.29) is 34.6 Å². The molecule has 4 nitrogen and oxygen atoms in total. The van der Waals surface area contributed by atoms with Gasteiger partial charge in [-0.1, -0.05) is 12.1 Å². The number of aromatic nitrogens is 1. The molecular weight excluding hydrogens is 366 g/mol. The number of rotatable bonds is 4. The van der Waals surface area contributed by atoms with Gasteiger partial charge in [0.2, 0.25) is 0 Å². The Bertz CT molecular complexity index is 1000. The molecule has 3 aromatic rings. The van der Waals surface area contributed by atoms with E-state index in [0.717, 1.165) is 18.3 Å². The average Bonchev–Trinajstić information content (AvgIpc) is 2.62. The Morgan fingerprint density at radius 2 is 1.89 bits per heavy atom. The van der Waals surface area contributed by atoms with E-state index < -0.39 is 23.5 Å². The van der Waals surface area contributed by atoms with Gasteiger partial charge in [-0.2, -0.15) is 13.2 Å². The van der Waals surface area contributed by atoms with E-state index in [1.807, 2.05) is 0 Å². The second-order valence-corrected chi connectivity index (χ2v) is 5.49. The number of halogens is 4. The minimum Gasteiger partial charge on any atom is -0.462 e. The molecule has 0 aliphatic heterocycles. The van der Waals surface area contributed by atoms with Crippen molar-refractivity contribution in [3.8, 4) is 11.5 Å². The second kappa shape index (κ2) is 7.22. The highest BCUT2D eigenvalue weighted by Crippen LogP contribution is 2.36. The normalized spacial score (nSPS) is 11.4. The van der Waals surface area contributed by atoms with Gasteiger partial charge in [0.05, 0.1) is 12.2 Å². The van der Waals surface area contributed by atoms with Crippen molar-refractivity contribution in [2.45, 2.75) is 13.1 Å². The Morgan fingerprint density at radius 1 is 1.15 bits per heavy atom. The third kappa shape index (κ3) is 3.84.